The minimum Gasteiger partial charge on any atom is -0.288 e. The van der Waals surface area contributed by atoms with Gasteiger partial charge in [0.2, 0.25) is 0 Å². The van der Waals surface area contributed by atoms with Crippen LogP contribution in [-0.4, -0.2) is 21.3 Å². The maximum Gasteiger partial charge on any atom is 0.274 e. The van der Waals surface area contributed by atoms with Crippen molar-refractivity contribution in [1.82, 2.24) is 15.7 Å². The summed E-state index contributed by atoms with van der Waals surface area (Å²) < 4.78 is 0. The summed E-state index contributed by atoms with van der Waals surface area (Å²) in [6.07, 6.45) is 1.66. The molecule has 1 amide bonds. The molecule has 0 saturated carbocycles. The fourth-order valence-electron chi connectivity index (χ4n) is 1.14. The number of benzene rings is 1. The van der Waals surface area contributed by atoms with Crippen LogP contribution in [0.4, 0.5) is 0 Å². The lowest BCUT2D eigenvalue weighted by atomic mass is 10.1. The maximum absolute atomic E-state index is 11.0. The lowest BCUT2D eigenvalue weighted by Crippen LogP contribution is -2.18. The molecule has 5 nitrogen and oxygen atoms in total. The van der Waals surface area contributed by atoms with E-state index in [0.717, 1.165) is 10.9 Å². The average molecular weight is 177 g/mol. The first-order valence-electron chi connectivity index (χ1n) is 3.69. The van der Waals surface area contributed by atoms with Gasteiger partial charge in [0, 0.05) is 10.9 Å². The van der Waals surface area contributed by atoms with E-state index in [1.807, 2.05) is 0 Å². The van der Waals surface area contributed by atoms with E-state index >= 15 is 0 Å². The predicted molar refractivity (Wildman–Crippen MR) is 45.3 cm³/mol. The number of nitrogens with one attached hydrogen (secondary N) is 2. The summed E-state index contributed by atoms with van der Waals surface area (Å²) in [6.45, 7) is 0. The second-order valence-corrected chi connectivity index (χ2v) is 2.61. The molecule has 0 bridgehead atoms. The van der Waals surface area contributed by atoms with Gasteiger partial charge in [-0.05, 0) is 12.1 Å². The van der Waals surface area contributed by atoms with Gasteiger partial charge in [-0.25, -0.2) is 5.48 Å². The van der Waals surface area contributed by atoms with Gasteiger partial charge >= 0.3 is 0 Å². The molecule has 66 valence electrons. The zero-order valence-corrected chi connectivity index (χ0v) is 6.61. The van der Waals surface area contributed by atoms with E-state index in [0.29, 0.717) is 5.56 Å². The van der Waals surface area contributed by atoms with Crippen LogP contribution in [0.3, 0.4) is 0 Å². The Kier molecular flexibility index (Phi) is 1.71. The van der Waals surface area contributed by atoms with Crippen molar-refractivity contribution in [3.63, 3.8) is 0 Å². The number of H-pyrrole nitrogens is 1. The van der Waals surface area contributed by atoms with Gasteiger partial charge in [-0.1, -0.05) is 6.07 Å². The molecule has 2 rings (SSSR count). The van der Waals surface area contributed by atoms with Crippen molar-refractivity contribution in [1.29, 1.82) is 0 Å². The van der Waals surface area contributed by atoms with Gasteiger partial charge in [-0.2, -0.15) is 5.10 Å². The monoisotopic (exact) mass is 177 g/mol. The summed E-state index contributed by atoms with van der Waals surface area (Å²) in [5, 5.41) is 15.8. The van der Waals surface area contributed by atoms with Crippen LogP contribution < -0.4 is 5.48 Å². The molecule has 0 radical (unpaired) electrons. The van der Waals surface area contributed by atoms with Crippen LogP contribution in [0.1, 0.15) is 10.4 Å². The third-order valence-corrected chi connectivity index (χ3v) is 1.81. The first-order valence-corrected chi connectivity index (χ1v) is 3.69. The molecule has 2 aromatic rings. The molecule has 0 atom stereocenters. The largest absolute Gasteiger partial charge is 0.288 e. The second kappa shape index (κ2) is 2.87. The number of aromatic nitrogens is 2. The Bertz CT molecular complexity index is 449. The second-order valence-electron chi connectivity index (χ2n) is 2.61. The number of carbonyl (C=O) groups is 1. The minimum absolute atomic E-state index is 0.388. The van der Waals surface area contributed by atoms with Gasteiger partial charge in [-0.3, -0.25) is 15.1 Å². The van der Waals surface area contributed by atoms with Crippen molar-refractivity contribution in [2.24, 2.45) is 0 Å². The zero-order chi connectivity index (χ0) is 9.26. The Morgan fingerprint density at radius 1 is 1.54 bits per heavy atom. The quantitative estimate of drug-likeness (QED) is 0.442. The Morgan fingerprint density at radius 3 is 3.15 bits per heavy atom. The zero-order valence-electron chi connectivity index (χ0n) is 6.61. The molecule has 13 heavy (non-hydrogen) atoms. The molecule has 0 unspecified atom stereocenters. The Labute approximate surface area is 73.3 Å². The number of aromatic amines is 1. The molecule has 0 spiro atoms. The van der Waals surface area contributed by atoms with E-state index in [4.69, 9.17) is 5.21 Å². The highest BCUT2D eigenvalue weighted by molar-refractivity contribution is 5.96. The average Bonchev–Trinajstić information content (AvgIpc) is 2.63. The fourth-order valence-corrected chi connectivity index (χ4v) is 1.14. The number of rotatable bonds is 1. The molecular formula is C8H7N3O2. The van der Waals surface area contributed by atoms with Crippen LogP contribution in [0.15, 0.2) is 24.4 Å². The van der Waals surface area contributed by atoms with Gasteiger partial charge in [0.1, 0.15) is 0 Å². The Balaban J connectivity index is 2.54. The van der Waals surface area contributed by atoms with Crippen LogP contribution in [-0.2, 0) is 0 Å². The summed E-state index contributed by atoms with van der Waals surface area (Å²) in [5.74, 6) is -0.531. The standard InChI is InChI=1S/C8H7N3O2/c12-8(11-13)5-1-2-6-4-9-10-7(6)3-5/h1-4,13H,(H,9,10)(H,11,12). The summed E-state index contributed by atoms with van der Waals surface area (Å²) in [4.78, 5) is 11.0. The lowest BCUT2D eigenvalue weighted by molar-refractivity contribution is 0.0706. The summed E-state index contributed by atoms with van der Waals surface area (Å²) in [7, 11) is 0. The lowest BCUT2D eigenvalue weighted by Gasteiger charge is -1.97. The molecular weight excluding hydrogens is 170 g/mol. The summed E-state index contributed by atoms with van der Waals surface area (Å²) >= 11 is 0. The fraction of sp³-hybridized carbons (Fsp3) is 0. The molecule has 0 aliphatic carbocycles. The number of hydrogen-bond donors (Lipinski definition) is 3. The maximum atomic E-state index is 11.0. The van der Waals surface area contributed by atoms with Crippen LogP contribution in [0.25, 0.3) is 10.9 Å². The van der Waals surface area contributed by atoms with Gasteiger partial charge < -0.3 is 0 Å². The van der Waals surface area contributed by atoms with E-state index < -0.39 is 5.91 Å². The van der Waals surface area contributed by atoms with Crippen molar-refractivity contribution >= 4 is 16.8 Å². The van der Waals surface area contributed by atoms with Gasteiger partial charge in [-0.15, -0.1) is 0 Å². The molecule has 0 saturated heterocycles. The number of carbonyl (C=O) groups excluding carboxylic acids is 1. The first-order chi connectivity index (χ1) is 6.31. The van der Waals surface area contributed by atoms with Crippen molar-refractivity contribution in [2.75, 3.05) is 0 Å². The Hall–Kier alpha value is -1.88. The third kappa shape index (κ3) is 1.25. The molecule has 0 aliphatic heterocycles. The highest BCUT2D eigenvalue weighted by Crippen LogP contribution is 2.12. The number of fused-ring (bicyclic) bond motifs is 1. The first kappa shape index (κ1) is 7.75. The molecule has 0 aliphatic rings. The summed E-state index contributed by atoms with van der Waals surface area (Å²) in [5.41, 5.74) is 2.72. The van der Waals surface area contributed by atoms with E-state index in [1.165, 1.54) is 0 Å². The molecule has 1 aromatic carbocycles. The molecule has 5 heteroatoms. The van der Waals surface area contributed by atoms with Crippen molar-refractivity contribution in [2.45, 2.75) is 0 Å². The smallest absolute Gasteiger partial charge is 0.274 e. The molecule has 0 fully saturated rings. The number of nitrogens with zero attached hydrogens (tertiary/aromatic N) is 1. The topological polar surface area (TPSA) is 78.0 Å². The normalized spacial score (nSPS) is 10.2. The van der Waals surface area contributed by atoms with Gasteiger partial charge in [0.25, 0.3) is 5.91 Å². The van der Waals surface area contributed by atoms with Crippen molar-refractivity contribution in [3.05, 3.63) is 30.0 Å². The highest BCUT2D eigenvalue weighted by Gasteiger charge is 2.04. The Morgan fingerprint density at radius 2 is 2.38 bits per heavy atom. The van der Waals surface area contributed by atoms with Crippen LogP contribution in [0.5, 0.6) is 0 Å². The number of amides is 1. The predicted octanol–water partition coefficient (Wildman–Crippen LogP) is 0.682. The van der Waals surface area contributed by atoms with Gasteiger partial charge in [0.15, 0.2) is 0 Å². The SMILES string of the molecule is O=C(NO)c1ccc2cn[nH]c2c1. The van der Waals surface area contributed by atoms with Crippen molar-refractivity contribution in [3.8, 4) is 0 Å². The highest BCUT2D eigenvalue weighted by atomic mass is 16.5. The van der Waals surface area contributed by atoms with E-state index in [-0.39, 0.29) is 0 Å². The summed E-state index contributed by atoms with van der Waals surface area (Å²) in [6, 6.07) is 4.99. The van der Waals surface area contributed by atoms with E-state index in [2.05, 4.69) is 10.2 Å². The van der Waals surface area contributed by atoms with Gasteiger partial charge in [0.05, 0.1) is 11.7 Å². The number of hydroxylamine groups is 1. The van der Waals surface area contributed by atoms with Crippen molar-refractivity contribution < 1.29 is 10.0 Å². The minimum atomic E-state index is -0.531. The number of hydrogen-bond acceptors (Lipinski definition) is 3. The van der Waals surface area contributed by atoms with Crippen LogP contribution >= 0.6 is 0 Å². The van der Waals surface area contributed by atoms with E-state index in [9.17, 15) is 4.79 Å². The third-order valence-electron chi connectivity index (χ3n) is 1.81. The van der Waals surface area contributed by atoms with E-state index in [1.54, 1.807) is 29.9 Å². The van der Waals surface area contributed by atoms with Crippen LogP contribution in [0.2, 0.25) is 0 Å². The molecule has 1 aromatic heterocycles. The molecule has 3 N–H and O–H groups in total. The molecule has 1 heterocycles. The van der Waals surface area contributed by atoms with Crippen LogP contribution in [0, 0.1) is 0 Å².